The molecule has 1 atom stereocenters. The van der Waals surface area contributed by atoms with Gasteiger partial charge in [0.15, 0.2) is 10.5 Å². The van der Waals surface area contributed by atoms with Crippen LogP contribution in [-0.2, 0) is 11.1 Å². The lowest BCUT2D eigenvalue weighted by molar-refractivity contribution is 0.418. The van der Waals surface area contributed by atoms with E-state index in [1.54, 1.807) is 0 Å². The third-order valence-electron chi connectivity index (χ3n) is 0.841. The van der Waals surface area contributed by atoms with Gasteiger partial charge in [0.1, 0.15) is 0 Å². The van der Waals surface area contributed by atoms with E-state index in [2.05, 4.69) is 4.42 Å². The van der Waals surface area contributed by atoms with Crippen molar-refractivity contribution in [1.82, 2.24) is 0 Å². The lowest BCUT2D eigenvalue weighted by atomic mass is 10.5. The molecule has 0 saturated heterocycles. The SMILES string of the molecule is O=c1ccoc(S(=O)[O-])c1. The van der Waals surface area contributed by atoms with Crippen molar-refractivity contribution < 1.29 is 13.2 Å². The van der Waals surface area contributed by atoms with Crippen LogP contribution in [0.4, 0.5) is 0 Å². The molecule has 0 fully saturated rings. The van der Waals surface area contributed by atoms with Gasteiger partial charge in [-0.3, -0.25) is 9.00 Å². The van der Waals surface area contributed by atoms with Gasteiger partial charge >= 0.3 is 0 Å². The largest absolute Gasteiger partial charge is 0.766 e. The van der Waals surface area contributed by atoms with Gasteiger partial charge in [0.25, 0.3) is 0 Å². The van der Waals surface area contributed by atoms with Crippen LogP contribution in [0.3, 0.4) is 0 Å². The molecule has 0 aromatic carbocycles. The Bertz CT molecular complexity index is 303. The molecule has 0 radical (unpaired) electrons. The van der Waals surface area contributed by atoms with Gasteiger partial charge in [-0.1, -0.05) is 0 Å². The summed E-state index contributed by atoms with van der Waals surface area (Å²) in [5.74, 6) is 0. The Morgan fingerprint density at radius 1 is 1.60 bits per heavy atom. The van der Waals surface area contributed by atoms with E-state index in [0.29, 0.717) is 0 Å². The average Bonchev–Trinajstić information content (AvgIpc) is 1.88. The predicted octanol–water partition coefficient (Wildman–Crippen LogP) is -0.122. The first-order chi connectivity index (χ1) is 4.70. The van der Waals surface area contributed by atoms with Crippen LogP contribution in [0.5, 0.6) is 0 Å². The minimum absolute atomic E-state index is 0.340. The number of rotatable bonds is 1. The lowest BCUT2D eigenvalue weighted by Crippen LogP contribution is -1.98. The highest BCUT2D eigenvalue weighted by Crippen LogP contribution is 1.97. The molecule has 0 saturated carbocycles. The molecule has 54 valence electrons. The summed E-state index contributed by atoms with van der Waals surface area (Å²) in [4.78, 5) is 10.5. The van der Waals surface area contributed by atoms with Crippen molar-refractivity contribution in [2.75, 3.05) is 0 Å². The minimum Gasteiger partial charge on any atom is -0.766 e. The van der Waals surface area contributed by atoms with Crippen molar-refractivity contribution in [2.24, 2.45) is 0 Å². The van der Waals surface area contributed by atoms with Crippen LogP contribution in [0.15, 0.2) is 32.7 Å². The maximum atomic E-state index is 10.5. The van der Waals surface area contributed by atoms with Crippen LogP contribution in [0.1, 0.15) is 0 Å². The van der Waals surface area contributed by atoms with Gasteiger partial charge in [-0.15, -0.1) is 0 Å². The van der Waals surface area contributed by atoms with Crippen molar-refractivity contribution in [3.8, 4) is 0 Å². The van der Waals surface area contributed by atoms with E-state index in [4.69, 9.17) is 0 Å². The van der Waals surface area contributed by atoms with E-state index in [-0.39, 0.29) is 10.5 Å². The summed E-state index contributed by atoms with van der Waals surface area (Å²) in [6.07, 6.45) is 1.04. The first-order valence-corrected chi connectivity index (χ1v) is 3.46. The van der Waals surface area contributed by atoms with Crippen LogP contribution in [-0.4, -0.2) is 8.76 Å². The molecule has 1 aromatic rings. The highest BCUT2D eigenvalue weighted by atomic mass is 32.2. The molecule has 1 heterocycles. The second-order valence-electron chi connectivity index (χ2n) is 1.52. The molecule has 4 nitrogen and oxygen atoms in total. The molecule has 0 amide bonds. The van der Waals surface area contributed by atoms with Crippen LogP contribution in [0.2, 0.25) is 0 Å². The summed E-state index contributed by atoms with van der Waals surface area (Å²) in [5, 5.41) is -0.340. The zero-order valence-corrected chi connectivity index (χ0v) is 5.59. The van der Waals surface area contributed by atoms with Gasteiger partial charge in [0.2, 0.25) is 0 Å². The second-order valence-corrected chi connectivity index (χ2v) is 2.39. The van der Waals surface area contributed by atoms with E-state index in [9.17, 15) is 13.6 Å². The summed E-state index contributed by atoms with van der Waals surface area (Å²) >= 11 is -2.46. The normalized spacial score (nSPS) is 12.9. The van der Waals surface area contributed by atoms with Crippen molar-refractivity contribution in [2.45, 2.75) is 5.09 Å². The molecule has 10 heavy (non-hydrogen) atoms. The summed E-state index contributed by atoms with van der Waals surface area (Å²) in [7, 11) is 0. The molecule has 1 aromatic heterocycles. The van der Waals surface area contributed by atoms with Gasteiger partial charge in [0, 0.05) is 23.2 Å². The smallest absolute Gasteiger partial charge is 0.186 e. The first kappa shape index (κ1) is 7.17. The quantitative estimate of drug-likeness (QED) is 0.535. The average molecular weight is 159 g/mol. The summed E-state index contributed by atoms with van der Waals surface area (Å²) in [6.45, 7) is 0. The zero-order valence-electron chi connectivity index (χ0n) is 4.77. The van der Waals surface area contributed by atoms with Crippen molar-refractivity contribution in [3.05, 3.63) is 28.6 Å². The third-order valence-corrected chi connectivity index (χ3v) is 1.38. The molecule has 0 aliphatic carbocycles. The Balaban J connectivity index is 3.20. The summed E-state index contributed by atoms with van der Waals surface area (Å²) in [5.41, 5.74) is -0.384. The fraction of sp³-hybridized carbons (Fsp3) is 0. The van der Waals surface area contributed by atoms with E-state index < -0.39 is 11.1 Å². The maximum Gasteiger partial charge on any atom is 0.186 e. The molecule has 0 spiro atoms. The van der Waals surface area contributed by atoms with E-state index in [1.165, 1.54) is 0 Å². The fourth-order valence-electron chi connectivity index (χ4n) is 0.454. The Hall–Kier alpha value is -0.940. The van der Waals surface area contributed by atoms with Crippen LogP contribution in [0, 0.1) is 0 Å². The highest BCUT2D eigenvalue weighted by Gasteiger charge is 1.92. The summed E-state index contributed by atoms with van der Waals surface area (Å²) < 4.78 is 24.7. The fourth-order valence-corrected chi connectivity index (χ4v) is 0.800. The van der Waals surface area contributed by atoms with Gasteiger partial charge < -0.3 is 8.97 Å². The van der Waals surface area contributed by atoms with Gasteiger partial charge in [-0.05, 0) is 0 Å². The van der Waals surface area contributed by atoms with Gasteiger partial charge in [-0.25, -0.2) is 0 Å². The Morgan fingerprint density at radius 2 is 2.30 bits per heavy atom. The molecule has 1 unspecified atom stereocenters. The number of hydrogen-bond acceptors (Lipinski definition) is 4. The van der Waals surface area contributed by atoms with Crippen molar-refractivity contribution >= 4 is 11.1 Å². The molecule has 0 N–H and O–H groups in total. The third kappa shape index (κ3) is 1.52. The first-order valence-electron chi connectivity index (χ1n) is 2.38. The Morgan fingerprint density at radius 3 is 2.70 bits per heavy atom. The van der Waals surface area contributed by atoms with Crippen LogP contribution < -0.4 is 5.43 Å². The minimum atomic E-state index is -2.46. The maximum absolute atomic E-state index is 10.5. The molecule has 0 bridgehead atoms. The topological polar surface area (TPSA) is 70.3 Å². The zero-order chi connectivity index (χ0) is 7.56. The van der Waals surface area contributed by atoms with Crippen molar-refractivity contribution in [1.29, 1.82) is 0 Å². The Labute approximate surface area is 58.8 Å². The predicted molar refractivity (Wildman–Crippen MR) is 32.2 cm³/mol. The molecule has 1 rings (SSSR count). The molecule has 0 aliphatic heterocycles. The van der Waals surface area contributed by atoms with Crippen LogP contribution in [0.25, 0.3) is 0 Å². The van der Waals surface area contributed by atoms with Crippen molar-refractivity contribution in [3.63, 3.8) is 0 Å². The standard InChI is InChI=1S/C5H4O4S/c6-4-1-2-9-5(3-4)10(7)8/h1-3H,(H,7,8)/p-1. The van der Waals surface area contributed by atoms with E-state index >= 15 is 0 Å². The highest BCUT2D eigenvalue weighted by molar-refractivity contribution is 7.79. The molecular formula is C5H3O4S-. The summed E-state index contributed by atoms with van der Waals surface area (Å²) in [6, 6.07) is 2.04. The van der Waals surface area contributed by atoms with Crippen LogP contribution >= 0.6 is 0 Å². The van der Waals surface area contributed by atoms with E-state index in [1.807, 2.05) is 0 Å². The van der Waals surface area contributed by atoms with E-state index in [0.717, 1.165) is 18.4 Å². The molecule has 0 aliphatic rings. The monoisotopic (exact) mass is 159 g/mol. The molecule has 5 heteroatoms. The van der Waals surface area contributed by atoms with Gasteiger partial charge in [-0.2, -0.15) is 0 Å². The second kappa shape index (κ2) is 2.76. The van der Waals surface area contributed by atoms with Gasteiger partial charge in [0.05, 0.1) is 6.26 Å². The lowest BCUT2D eigenvalue weighted by Gasteiger charge is -1.99. The number of hydrogen-bond donors (Lipinski definition) is 0. The Kier molecular flexibility index (Phi) is 1.98. The molecular weight excluding hydrogens is 156 g/mol.